The monoisotopic (exact) mass is 331 g/mol. The number of benzene rings is 2. The molecule has 0 bridgehead atoms. The van der Waals surface area contributed by atoms with Crippen LogP contribution in [0.15, 0.2) is 53.5 Å². The number of rotatable bonds is 1. The molecule has 5 nitrogen and oxygen atoms in total. The van der Waals surface area contributed by atoms with Crippen molar-refractivity contribution < 1.29 is 13.2 Å². The molecule has 8 heteroatoms. The Morgan fingerprint density at radius 3 is 2.46 bits per heavy atom. The Balaban J connectivity index is 1.85. The summed E-state index contributed by atoms with van der Waals surface area (Å²) in [7, 11) is 0. The maximum Gasteiger partial charge on any atom is 0.416 e. The van der Waals surface area contributed by atoms with Crippen molar-refractivity contribution in [2.45, 2.75) is 12.3 Å². The van der Waals surface area contributed by atoms with E-state index in [2.05, 4.69) is 15.3 Å². The van der Waals surface area contributed by atoms with Gasteiger partial charge in [0.05, 0.1) is 16.6 Å². The molecule has 0 radical (unpaired) electrons. The first-order valence-electron chi connectivity index (χ1n) is 7.18. The molecule has 1 aliphatic heterocycles. The quantitative estimate of drug-likeness (QED) is 0.718. The number of guanidine groups is 1. The van der Waals surface area contributed by atoms with E-state index in [0.29, 0.717) is 11.5 Å². The van der Waals surface area contributed by atoms with Crippen molar-refractivity contribution in [3.8, 4) is 0 Å². The minimum atomic E-state index is -4.37. The van der Waals surface area contributed by atoms with Gasteiger partial charge in [0, 0.05) is 0 Å². The van der Waals surface area contributed by atoms with Crippen molar-refractivity contribution in [3.63, 3.8) is 0 Å². The predicted octanol–water partition coefficient (Wildman–Crippen LogP) is 3.34. The number of aromatic nitrogens is 2. The Labute approximate surface area is 134 Å². The van der Waals surface area contributed by atoms with E-state index in [4.69, 9.17) is 5.73 Å². The van der Waals surface area contributed by atoms with Crippen LogP contribution >= 0.6 is 0 Å². The fraction of sp³-hybridized carbons (Fsp3) is 0.125. The van der Waals surface area contributed by atoms with Gasteiger partial charge in [0.2, 0.25) is 5.95 Å². The summed E-state index contributed by atoms with van der Waals surface area (Å²) in [5.41, 5.74) is 7.27. The van der Waals surface area contributed by atoms with Gasteiger partial charge in [0.25, 0.3) is 0 Å². The molecule has 0 saturated carbocycles. The van der Waals surface area contributed by atoms with E-state index in [9.17, 15) is 13.2 Å². The summed E-state index contributed by atoms with van der Waals surface area (Å²) in [6.45, 7) is 0. The van der Waals surface area contributed by atoms with Crippen LogP contribution in [-0.2, 0) is 6.18 Å². The molecule has 3 aromatic rings. The van der Waals surface area contributed by atoms with Gasteiger partial charge in [-0.3, -0.25) is 9.88 Å². The Hall–Kier alpha value is -3.03. The van der Waals surface area contributed by atoms with E-state index in [1.54, 1.807) is 0 Å². The molecular weight excluding hydrogens is 319 g/mol. The van der Waals surface area contributed by atoms with E-state index in [0.717, 1.165) is 23.2 Å². The molecule has 2 aromatic carbocycles. The first-order chi connectivity index (χ1) is 11.4. The van der Waals surface area contributed by atoms with E-state index in [-0.39, 0.29) is 5.96 Å². The van der Waals surface area contributed by atoms with Crippen LogP contribution in [0.2, 0.25) is 0 Å². The first-order valence-corrected chi connectivity index (χ1v) is 7.18. The van der Waals surface area contributed by atoms with Crippen molar-refractivity contribution in [1.29, 1.82) is 0 Å². The van der Waals surface area contributed by atoms with Gasteiger partial charge in [-0.25, -0.2) is 9.98 Å². The minimum Gasteiger partial charge on any atom is -0.370 e. The van der Waals surface area contributed by atoms with Crippen molar-refractivity contribution in [2.75, 3.05) is 5.32 Å². The first kappa shape index (κ1) is 14.6. The molecule has 0 amide bonds. The van der Waals surface area contributed by atoms with Crippen molar-refractivity contribution in [3.05, 3.63) is 59.7 Å². The number of nitrogens with one attached hydrogen (secondary N) is 1. The average Bonchev–Trinajstić information content (AvgIpc) is 2.91. The molecule has 4 rings (SSSR count). The lowest BCUT2D eigenvalue weighted by atomic mass is 10.1. The molecule has 122 valence electrons. The molecule has 2 heterocycles. The van der Waals surface area contributed by atoms with Crippen LogP contribution in [0.25, 0.3) is 11.0 Å². The second-order valence-electron chi connectivity index (χ2n) is 5.43. The number of para-hydroxylation sites is 2. The highest BCUT2D eigenvalue weighted by Crippen LogP contribution is 2.34. The van der Waals surface area contributed by atoms with Crippen LogP contribution in [0, 0.1) is 0 Å². The molecule has 0 spiro atoms. The molecule has 0 unspecified atom stereocenters. The third kappa shape index (κ3) is 2.27. The summed E-state index contributed by atoms with van der Waals surface area (Å²) in [6, 6.07) is 12.4. The third-order valence-corrected chi connectivity index (χ3v) is 3.88. The number of fused-ring (bicyclic) bond motifs is 3. The van der Waals surface area contributed by atoms with Gasteiger partial charge in [0.15, 0.2) is 12.1 Å². The van der Waals surface area contributed by atoms with Gasteiger partial charge < -0.3 is 5.73 Å². The topological polar surface area (TPSA) is 68.2 Å². The molecular formula is C16H12F3N5. The number of nitrogens with zero attached hydrogens (tertiary/aromatic N) is 3. The second-order valence-corrected chi connectivity index (χ2v) is 5.43. The number of aliphatic imine (C=N–C) groups is 1. The highest BCUT2D eigenvalue weighted by Gasteiger charge is 2.31. The highest BCUT2D eigenvalue weighted by atomic mass is 19.4. The van der Waals surface area contributed by atoms with E-state index < -0.39 is 17.9 Å². The van der Waals surface area contributed by atoms with Gasteiger partial charge in [0.1, 0.15) is 0 Å². The molecule has 3 N–H and O–H groups in total. The number of nitrogens with two attached hydrogens (primary N) is 1. The summed E-state index contributed by atoms with van der Waals surface area (Å²) >= 11 is 0. The fourth-order valence-electron chi connectivity index (χ4n) is 2.78. The Kier molecular flexibility index (Phi) is 3.02. The maximum absolute atomic E-state index is 12.7. The van der Waals surface area contributed by atoms with Crippen LogP contribution in [0.5, 0.6) is 0 Å². The van der Waals surface area contributed by atoms with Crippen LogP contribution in [0.3, 0.4) is 0 Å². The third-order valence-electron chi connectivity index (χ3n) is 3.88. The molecule has 1 aromatic heterocycles. The summed E-state index contributed by atoms with van der Waals surface area (Å²) in [5.74, 6) is 0.677. The van der Waals surface area contributed by atoms with Crippen LogP contribution in [-0.4, -0.2) is 15.5 Å². The zero-order valence-electron chi connectivity index (χ0n) is 12.2. The van der Waals surface area contributed by atoms with Gasteiger partial charge in [-0.15, -0.1) is 0 Å². The smallest absolute Gasteiger partial charge is 0.370 e. The number of hydrogen-bond acceptors (Lipinski definition) is 4. The van der Waals surface area contributed by atoms with E-state index >= 15 is 0 Å². The molecule has 0 aliphatic carbocycles. The number of imidazole rings is 1. The number of alkyl halides is 3. The second kappa shape index (κ2) is 4.98. The molecule has 0 saturated heterocycles. The lowest BCUT2D eigenvalue weighted by Gasteiger charge is -2.24. The summed E-state index contributed by atoms with van der Waals surface area (Å²) in [5, 5.41) is 2.88. The zero-order chi connectivity index (χ0) is 16.9. The summed E-state index contributed by atoms with van der Waals surface area (Å²) < 4.78 is 40.1. The SMILES string of the molecule is NC1=N[C@H](c2ccc(C(F)(F)F)cc2)n2c(nc3ccccc32)N1. The number of hydrogen-bond donors (Lipinski definition) is 2. The summed E-state index contributed by atoms with van der Waals surface area (Å²) in [6.07, 6.45) is -4.95. The minimum absolute atomic E-state index is 0.169. The van der Waals surface area contributed by atoms with Crippen molar-refractivity contribution >= 4 is 22.9 Å². The lowest BCUT2D eigenvalue weighted by molar-refractivity contribution is -0.137. The highest BCUT2D eigenvalue weighted by molar-refractivity contribution is 5.94. The van der Waals surface area contributed by atoms with Gasteiger partial charge >= 0.3 is 6.18 Å². The average molecular weight is 331 g/mol. The molecule has 24 heavy (non-hydrogen) atoms. The fourth-order valence-corrected chi connectivity index (χ4v) is 2.78. The van der Waals surface area contributed by atoms with E-state index in [1.807, 2.05) is 28.8 Å². The Bertz CT molecular complexity index is 940. The van der Waals surface area contributed by atoms with Crippen molar-refractivity contribution in [1.82, 2.24) is 9.55 Å². The van der Waals surface area contributed by atoms with Crippen LogP contribution in [0.4, 0.5) is 19.1 Å². The Morgan fingerprint density at radius 2 is 1.75 bits per heavy atom. The van der Waals surface area contributed by atoms with Crippen LogP contribution in [0.1, 0.15) is 17.3 Å². The summed E-state index contributed by atoms with van der Waals surface area (Å²) in [4.78, 5) is 8.78. The van der Waals surface area contributed by atoms with Crippen molar-refractivity contribution in [2.24, 2.45) is 10.7 Å². The lowest BCUT2D eigenvalue weighted by Crippen LogP contribution is -2.31. The predicted molar refractivity (Wildman–Crippen MR) is 84.6 cm³/mol. The van der Waals surface area contributed by atoms with Gasteiger partial charge in [-0.05, 0) is 29.8 Å². The molecule has 1 aliphatic rings. The van der Waals surface area contributed by atoms with Gasteiger partial charge in [-0.1, -0.05) is 24.3 Å². The standard InChI is InChI=1S/C16H12F3N5/c17-16(18,19)10-7-5-9(6-8-10)13-22-14(20)23-15-21-11-3-1-2-4-12(11)24(13)15/h1-8,13H,(H3,20,21,22,23)/t13-/m0/s1. The maximum atomic E-state index is 12.7. The Morgan fingerprint density at radius 1 is 1.04 bits per heavy atom. The molecule has 1 atom stereocenters. The number of halogens is 3. The molecule has 0 fully saturated rings. The zero-order valence-corrected chi connectivity index (χ0v) is 12.2. The largest absolute Gasteiger partial charge is 0.416 e. The normalized spacial score (nSPS) is 17.3. The van der Waals surface area contributed by atoms with Gasteiger partial charge in [-0.2, -0.15) is 13.2 Å². The number of anilines is 1. The van der Waals surface area contributed by atoms with E-state index in [1.165, 1.54) is 12.1 Å². The van der Waals surface area contributed by atoms with Crippen LogP contribution < -0.4 is 11.1 Å².